The third kappa shape index (κ3) is 6.07. The van der Waals surface area contributed by atoms with Gasteiger partial charge in [-0.1, -0.05) is 0 Å². The number of carbonyl (C=O) groups excluding carboxylic acids is 3. The van der Waals surface area contributed by atoms with E-state index in [0.29, 0.717) is 16.6 Å². The van der Waals surface area contributed by atoms with Gasteiger partial charge in [-0.15, -0.1) is 11.3 Å². The topological polar surface area (TPSA) is 135 Å². The number of hydrogen-bond donors (Lipinski definition) is 4. The molecule has 3 rings (SSSR count). The minimum Gasteiger partial charge on any atom is -0.497 e. The Kier molecular flexibility index (Phi) is 7.00. The van der Waals surface area contributed by atoms with E-state index in [1.807, 2.05) is 0 Å². The van der Waals surface area contributed by atoms with Gasteiger partial charge < -0.3 is 14.5 Å². The van der Waals surface area contributed by atoms with Gasteiger partial charge in [0, 0.05) is 11.1 Å². The molecule has 0 bridgehead atoms. The number of carbonyl (C=O) groups is 3. The third-order valence-corrected chi connectivity index (χ3v) is 4.55. The molecule has 1 aromatic carbocycles. The van der Waals surface area contributed by atoms with E-state index < -0.39 is 17.7 Å². The van der Waals surface area contributed by atoms with E-state index >= 15 is 0 Å². The number of aromatic nitrogens is 1. The van der Waals surface area contributed by atoms with Gasteiger partial charge in [-0.2, -0.15) is 0 Å². The van der Waals surface area contributed by atoms with Crippen LogP contribution in [0.5, 0.6) is 5.75 Å². The van der Waals surface area contributed by atoms with Crippen LogP contribution in [-0.4, -0.2) is 36.4 Å². The molecular formula is C19H19N5O5S. The molecule has 30 heavy (non-hydrogen) atoms. The molecule has 2 aromatic heterocycles. The Bertz CT molecular complexity index is 1000. The zero-order valence-corrected chi connectivity index (χ0v) is 16.7. The monoisotopic (exact) mass is 429 g/mol. The van der Waals surface area contributed by atoms with Gasteiger partial charge in [-0.25, -0.2) is 4.98 Å². The highest BCUT2D eigenvalue weighted by Crippen LogP contribution is 2.17. The maximum atomic E-state index is 12.0. The van der Waals surface area contributed by atoms with E-state index in [9.17, 15) is 14.4 Å². The molecule has 3 aromatic rings. The van der Waals surface area contributed by atoms with E-state index in [0.717, 1.165) is 5.69 Å². The van der Waals surface area contributed by atoms with Gasteiger partial charge >= 0.3 is 0 Å². The number of benzene rings is 1. The summed E-state index contributed by atoms with van der Waals surface area (Å²) in [6, 6.07) is 10.2. The predicted octanol–water partition coefficient (Wildman–Crippen LogP) is 1.80. The lowest BCUT2D eigenvalue weighted by molar-refractivity contribution is -0.127. The Balaban J connectivity index is 1.38. The maximum Gasteiger partial charge on any atom is 0.293 e. The summed E-state index contributed by atoms with van der Waals surface area (Å²) in [4.78, 5) is 39.9. The first kappa shape index (κ1) is 20.9. The van der Waals surface area contributed by atoms with E-state index in [1.165, 1.54) is 23.7 Å². The number of rotatable bonds is 8. The van der Waals surface area contributed by atoms with Crippen LogP contribution in [0.4, 0.5) is 10.8 Å². The lowest BCUT2D eigenvalue weighted by Crippen LogP contribution is -2.44. The van der Waals surface area contributed by atoms with Gasteiger partial charge in [0.25, 0.3) is 11.8 Å². The van der Waals surface area contributed by atoms with Gasteiger partial charge in [0.2, 0.25) is 5.91 Å². The minimum atomic E-state index is -0.443. The van der Waals surface area contributed by atoms with Crippen molar-refractivity contribution in [1.29, 1.82) is 0 Å². The van der Waals surface area contributed by atoms with Gasteiger partial charge in [0.1, 0.15) is 5.75 Å². The number of hydrazine groups is 1. The molecule has 0 radical (unpaired) electrons. The van der Waals surface area contributed by atoms with E-state index in [1.54, 1.807) is 42.8 Å². The van der Waals surface area contributed by atoms with E-state index in [-0.39, 0.29) is 18.7 Å². The van der Waals surface area contributed by atoms with Crippen LogP contribution in [0.15, 0.2) is 52.5 Å². The maximum absolute atomic E-state index is 12.0. The number of furan rings is 1. The summed E-state index contributed by atoms with van der Waals surface area (Å²) in [6.45, 7) is -0.0216. The Labute approximate surface area is 175 Å². The van der Waals surface area contributed by atoms with Crippen LogP contribution in [0.2, 0.25) is 0 Å². The van der Waals surface area contributed by atoms with E-state index in [2.05, 4.69) is 26.5 Å². The number of thiazole rings is 1. The SMILES string of the molecule is COc1ccc(NCC(=O)NNC(=O)Cc2csc(NC(=O)c3ccco3)n2)cc1. The third-order valence-electron chi connectivity index (χ3n) is 3.74. The van der Waals surface area contributed by atoms with Crippen LogP contribution in [0, 0.1) is 0 Å². The zero-order chi connectivity index (χ0) is 21.3. The molecule has 0 atom stereocenters. The molecule has 0 aliphatic rings. The van der Waals surface area contributed by atoms with Gasteiger partial charge in [0.05, 0.1) is 32.0 Å². The summed E-state index contributed by atoms with van der Waals surface area (Å²) in [5.74, 6) is -0.411. The smallest absolute Gasteiger partial charge is 0.293 e. The van der Waals surface area contributed by atoms with Crippen LogP contribution >= 0.6 is 11.3 Å². The van der Waals surface area contributed by atoms with Crippen molar-refractivity contribution >= 4 is 39.9 Å². The number of methoxy groups -OCH3 is 1. The molecule has 4 N–H and O–H groups in total. The van der Waals surface area contributed by atoms with Crippen molar-refractivity contribution in [3.8, 4) is 5.75 Å². The summed E-state index contributed by atoms with van der Waals surface area (Å²) in [7, 11) is 1.57. The van der Waals surface area contributed by atoms with Crippen molar-refractivity contribution in [3.63, 3.8) is 0 Å². The van der Waals surface area contributed by atoms with Crippen molar-refractivity contribution in [2.45, 2.75) is 6.42 Å². The zero-order valence-electron chi connectivity index (χ0n) is 15.9. The number of ether oxygens (including phenoxy) is 1. The fourth-order valence-corrected chi connectivity index (χ4v) is 3.00. The second kappa shape index (κ2) is 10.1. The fourth-order valence-electron chi connectivity index (χ4n) is 2.30. The van der Waals surface area contributed by atoms with Crippen molar-refractivity contribution < 1.29 is 23.5 Å². The van der Waals surface area contributed by atoms with Crippen LogP contribution in [-0.2, 0) is 16.0 Å². The molecule has 0 spiro atoms. The van der Waals surface area contributed by atoms with Crippen LogP contribution in [0.3, 0.4) is 0 Å². The molecule has 0 aliphatic carbocycles. The quantitative estimate of drug-likeness (QED) is 0.401. The number of nitrogens with one attached hydrogen (secondary N) is 4. The summed E-state index contributed by atoms with van der Waals surface area (Å²) in [6.07, 6.45) is 1.34. The average molecular weight is 429 g/mol. The molecule has 0 aliphatic heterocycles. The van der Waals surface area contributed by atoms with Gasteiger partial charge in [0.15, 0.2) is 10.9 Å². The predicted molar refractivity (Wildman–Crippen MR) is 110 cm³/mol. The second-order valence-corrected chi connectivity index (χ2v) is 6.79. The van der Waals surface area contributed by atoms with Crippen LogP contribution < -0.4 is 26.2 Å². The summed E-state index contributed by atoms with van der Waals surface area (Å²) < 4.78 is 10.1. The molecule has 3 amide bonds. The molecule has 10 nitrogen and oxygen atoms in total. The Hall–Kier alpha value is -3.86. The highest BCUT2D eigenvalue weighted by Gasteiger charge is 2.13. The average Bonchev–Trinajstić information content (AvgIpc) is 3.43. The van der Waals surface area contributed by atoms with Gasteiger partial charge in [-0.05, 0) is 36.4 Å². The highest BCUT2D eigenvalue weighted by atomic mass is 32.1. The first-order valence-electron chi connectivity index (χ1n) is 8.78. The Morgan fingerprint density at radius 3 is 2.57 bits per heavy atom. The number of hydrogen-bond acceptors (Lipinski definition) is 8. The van der Waals surface area contributed by atoms with Crippen molar-refractivity contribution in [1.82, 2.24) is 15.8 Å². The second-order valence-electron chi connectivity index (χ2n) is 5.93. The minimum absolute atomic E-state index is 0.0216. The van der Waals surface area contributed by atoms with Crippen molar-refractivity contribution in [2.24, 2.45) is 0 Å². The Morgan fingerprint density at radius 2 is 1.87 bits per heavy atom. The van der Waals surface area contributed by atoms with E-state index in [4.69, 9.17) is 9.15 Å². The standard InChI is InChI=1S/C19H19N5O5S/c1-28-14-6-4-12(5-7-14)20-10-17(26)24-23-16(25)9-13-11-30-19(21-13)22-18(27)15-3-2-8-29-15/h2-8,11,20H,9-10H2,1H3,(H,23,25)(H,24,26)(H,21,22,27). The lowest BCUT2D eigenvalue weighted by atomic mass is 10.3. The normalized spacial score (nSPS) is 10.2. The fraction of sp³-hybridized carbons (Fsp3) is 0.158. The summed E-state index contributed by atoms with van der Waals surface area (Å²) in [5, 5.41) is 7.49. The first-order valence-corrected chi connectivity index (χ1v) is 9.66. The van der Waals surface area contributed by atoms with Crippen LogP contribution in [0.1, 0.15) is 16.2 Å². The largest absolute Gasteiger partial charge is 0.497 e. The molecule has 0 fully saturated rings. The van der Waals surface area contributed by atoms with Crippen molar-refractivity contribution in [2.75, 3.05) is 24.3 Å². The molecule has 11 heteroatoms. The summed E-state index contributed by atoms with van der Waals surface area (Å²) >= 11 is 1.18. The molecule has 0 saturated carbocycles. The number of anilines is 2. The number of amides is 3. The summed E-state index contributed by atoms with van der Waals surface area (Å²) in [5.41, 5.74) is 5.84. The molecule has 0 unspecified atom stereocenters. The molecule has 0 saturated heterocycles. The molecule has 156 valence electrons. The first-order chi connectivity index (χ1) is 14.5. The van der Waals surface area contributed by atoms with Crippen LogP contribution in [0.25, 0.3) is 0 Å². The van der Waals surface area contributed by atoms with Gasteiger partial charge in [-0.3, -0.25) is 30.6 Å². The highest BCUT2D eigenvalue weighted by molar-refractivity contribution is 7.14. The number of nitrogens with zero attached hydrogens (tertiary/aromatic N) is 1. The Morgan fingerprint density at radius 1 is 1.10 bits per heavy atom. The van der Waals surface area contributed by atoms with Crippen molar-refractivity contribution in [3.05, 3.63) is 59.5 Å². The molecule has 2 heterocycles. The lowest BCUT2D eigenvalue weighted by Gasteiger charge is -2.09. The molecular weight excluding hydrogens is 410 g/mol.